The first kappa shape index (κ1) is 10.3. The van der Waals surface area contributed by atoms with Crippen molar-refractivity contribution in [3.8, 4) is 11.1 Å². The zero-order valence-electron chi connectivity index (χ0n) is 9.92. The summed E-state index contributed by atoms with van der Waals surface area (Å²) in [5, 5.41) is 0. The van der Waals surface area contributed by atoms with Crippen molar-refractivity contribution in [1.82, 2.24) is 0 Å². The molecule has 0 unspecified atom stereocenters. The van der Waals surface area contributed by atoms with Gasteiger partial charge in [0.2, 0.25) is 0 Å². The van der Waals surface area contributed by atoms with Crippen LogP contribution in [-0.4, -0.2) is 0 Å². The van der Waals surface area contributed by atoms with Crippen molar-refractivity contribution in [3.63, 3.8) is 0 Å². The van der Waals surface area contributed by atoms with Gasteiger partial charge in [-0.3, -0.25) is 0 Å². The summed E-state index contributed by atoms with van der Waals surface area (Å²) in [6.07, 6.45) is 0. The molecule has 3 rings (SSSR count). The maximum Gasteiger partial charge on any atom is 0.131 e. The molecule has 0 saturated heterocycles. The molecule has 17 heavy (non-hydrogen) atoms. The van der Waals surface area contributed by atoms with Crippen LogP contribution in [0.5, 0.6) is 0 Å². The van der Waals surface area contributed by atoms with Crippen LogP contribution in [0.15, 0.2) is 48.0 Å². The maximum atomic E-state index is 14.0. The summed E-state index contributed by atoms with van der Waals surface area (Å²) < 4.78 is 14.0. The Morgan fingerprint density at radius 3 is 2.18 bits per heavy atom. The van der Waals surface area contributed by atoms with Gasteiger partial charge in [0.25, 0.3) is 0 Å². The Bertz CT molecular complexity index is 632. The van der Waals surface area contributed by atoms with Gasteiger partial charge in [-0.1, -0.05) is 42.0 Å². The fourth-order valence-corrected chi connectivity index (χ4v) is 2.59. The zero-order valence-corrected chi connectivity index (χ0v) is 9.92. The Hall–Kier alpha value is -1.89. The second kappa shape index (κ2) is 3.56. The first-order chi connectivity index (χ1) is 8.20. The molecule has 1 aliphatic carbocycles. The summed E-state index contributed by atoms with van der Waals surface area (Å²) in [5.74, 6) is -0.130. The Morgan fingerprint density at radius 2 is 1.47 bits per heavy atom. The van der Waals surface area contributed by atoms with E-state index in [1.165, 1.54) is 6.07 Å². The van der Waals surface area contributed by atoms with Crippen LogP contribution in [0.4, 0.5) is 4.39 Å². The van der Waals surface area contributed by atoms with Crippen LogP contribution in [0.3, 0.4) is 0 Å². The number of rotatable bonds is 0. The predicted molar refractivity (Wildman–Crippen MR) is 69.2 cm³/mol. The lowest BCUT2D eigenvalue weighted by atomic mass is 9.99. The third-order valence-electron chi connectivity index (χ3n) is 3.25. The van der Waals surface area contributed by atoms with E-state index in [2.05, 4.69) is 12.1 Å². The van der Waals surface area contributed by atoms with Gasteiger partial charge in [-0.2, -0.15) is 0 Å². The van der Waals surface area contributed by atoms with E-state index in [9.17, 15) is 4.39 Å². The smallest absolute Gasteiger partial charge is 0.131 e. The van der Waals surface area contributed by atoms with E-state index in [0.29, 0.717) is 0 Å². The van der Waals surface area contributed by atoms with Gasteiger partial charge in [0, 0.05) is 5.56 Å². The standard InChI is InChI=1S/C16H13F/c1-10(2)15-12-7-4-3-6-11(12)13-8-5-9-14(17)16(13)15/h3-9H,1-2H3. The van der Waals surface area contributed by atoms with Crippen LogP contribution in [-0.2, 0) is 0 Å². The van der Waals surface area contributed by atoms with Crippen molar-refractivity contribution in [2.24, 2.45) is 0 Å². The minimum Gasteiger partial charge on any atom is -0.206 e. The first-order valence-electron chi connectivity index (χ1n) is 5.76. The molecule has 0 aromatic heterocycles. The lowest BCUT2D eigenvalue weighted by Gasteiger charge is -2.06. The van der Waals surface area contributed by atoms with Crippen molar-refractivity contribution in [1.29, 1.82) is 0 Å². The van der Waals surface area contributed by atoms with Crippen LogP contribution < -0.4 is 0 Å². The molecule has 0 fully saturated rings. The highest BCUT2D eigenvalue weighted by atomic mass is 19.1. The van der Waals surface area contributed by atoms with Gasteiger partial charge in [-0.25, -0.2) is 4.39 Å². The van der Waals surface area contributed by atoms with Crippen molar-refractivity contribution < 1.29 is 4.39 Å². The Balaban J connectivity index is 2.47. The molecule has 2 aromatic carbocycles. The first-order valence-corrected chi connectivity index (χ1v) is 5.76. The molecular weight excluding hydrogens is 211 g/mol. The number of halogens is 1. The zero-order chi connectivity index (χ0) is 12.0. The molecule has 0 amide bonds. The van der Waals surface area contributed by atoms with Gasteiger partial charge in [0.05, 0.1) is 0 Å². The van der Waals surface area contributed by atoms with E-state index in [1.54, 1.807) is 6.07 Å². The van der Waals surface area contributed by atoms with Crippen LogP contribution in [0, 0.1) is 5.82 Å². The molecule has 1 heteroatoms. The van der Waals surface area contributed by atoms with E-state index in [-0.39, 0.29) is 5.82 Å². The van der Waals surface area contributed by atoms with E-state index in [4.69, 9.17) is 0 Å². The molecule has 0 heterocycles. The average Bonchev–Trinajstić information content (AvgIpc) is 2.65. The minimum atomic E-state index is -0.130. The molecule has 84 valence electrons. The van der Waals surface area contributed by atoms with Gasteiger partial charge in [0.1, 0.15) is 5.82 Å². The normalized spacial score (nSPS) is 12.3. The number of allylic oxidation sites excluding steroid dienone is 1. The van der Waals surface area contributed by atoms with E-state index in [1.807, 2.05) is 32.0 Å². The fraction of sp³-hybridized carbons (Fsp3) is 0.125. The van der Waals surface area contributed by atoms with Crippen LogP contribution in [0.1, 0.15) is 25.0 Å². The van der Waals surface area contributed by atoms with Gasteiger partial charge in [-0.05, 0) is 42.2 Å². The van der Waals surface area contributed by atoms with Crippen molar-refractivity contribution in [3.05, 3.63) is 65.0 Å². The lowest BCUT2D eigenvalue weighted by molar-refractivity contribution is 0.625. The third-order valence-corrected chi connectivity index (χ3v) is 3.25. The van der Waals surface area contributed by atoms with Gasteiger partial charge in [-0.15, -0.1) is 0 Å². The molecule has 0 spiro atoms. The molecule has 0 atom stereocenters. The largest absolute Gasteiger partial charge is 0.206 e. The monoisotopic (exact) mass is 224 g/mol. The van der Waals surface area contributed by atoms with Gasteiger partial charge < -0.3 is 0 Å². The molecule has 0 radical (unpaired) electrons. The second-order valence-electron chi connectivity index (χ2n) is 4.58. The number of benzene rings is 2. The van der Waals surface area contributed by atoms with Crippen molar-refractivity contribution in [2.45, 2.75) is 13.8 Å². The van der Waals surface area contributed by atoms with E-state index in [0.717, 1.165) is 33.4 Å². The quantitative estimate of drug-likeness (QED) is 0.521. The maximum absolute atomic E-state index is 14.0. The predicted octanol–water partition coefficient (Wildman–Crippen LogP) is 4.65. The summed E-state index contributed by atoms with van der Waals surface area (Å²) in [7, 11) is 0. The molecule has 0 aliphatic heterocycles. The Labute approximate surface area is 100 Å². The Morgan fingerprint density at radius 1 is 0.824 bits per heavy atom. The minimum absolute atomic E-state index is 0.130. The fourth-order valence-electron chi connectivity index (χ4n) is 2.59. The summed E-state index contributed by atoms with van der Waals surface area (Å²) in [5.41, 5.74) is 6.26. The summed E-state index contributed by atoms with van der Waals surface area (Å²) in [6.45, 7) is 4.07. The van der Waals surface area contributed by atoms with Crippen molar-refractivity contribution in [2.75, 3.05) is 0 Å². The Kier molecular flexibility index (Phi) is 2.15. The van der Waals surface area contributed by atoms with E-state index < -0.39 is 0 Å². The van der Waals surface area contributed by atoms with Crippen LogP contribution >= 0.6 is 0 Å². The second-order valence-corrected chi connectivity index (χ2v) is 4.58. The van der Waals surface area contributed by atoms with Crippen molar-refractivity contribution >= 4 is 5.57 Å². The third kappa shape index (κ3) is 1.35. The highest BCUT2D eigenvalue weighted by Gasteiger charge is 2.26. The lowest BCUT2D eigenvalue weighted by Crippen LogP contribution is -1.88. The SMILES string of the molecule is CC(C)=C1c2ccccc2-c2cccc(F)c21. The molecule has 2 aromatic rings. The molecule has 0 N–H and O–H groups in total. The number of fused-ring (bicyclic) bond motifs is 3. The van der Waals surface area contributed by atoms with Gasteiger partial charge >= 0.3 is 0 Å². The number of hydrogen-bond donors (Lipinski definition) is 0. The number of hydrogen-bond acceptors (Lipinski definition) is 0. The molecule has 0 nitrogen and oxygen atoms in total. The molecular formula is C16H13F. The van der Waals surface area contributed by atoms with Crippen LogP contribution in [0.2, 0.25) is 0 Å². The highest BCUT2D eigenvalue weighted by molar-refractivity contribution is 6.02. The topological polar surface area (TPSA) is 0 Å². The summed E-state index contributed by atoms with van der Waals surface area (Å²) in [4.78, 5) is 0. The van der Waals surface area contributed by atoms with Gasteiger partial charge in [0.15, 0.2) is 0 Å². The molecule has 0 saturated carbocycles. The summed E-state index contributed by atoms with van der Waals surface area (Å²) in [6, 6.07) is 13.4. The molecule has 1 aliphatic rings. The molecule has 0 bridgehead atoms. The van der Waals surface area contributed by atoms with Crippen LogP contribution in [0.25, 0.3) is 16.7 Å². The van der Waals surface area contributed by atoms with E-state index >= 15 is 0 Å². The average molecular weight is 224 g/mol. The summed E-state index contributed by atoms with van der Waals surface area (Å²) >= 11 is 0. The highest BCUT2D eigenvalue weighted by Crippen LogP contribution is 2.46.